The van der Waals surface area contributed by atoms with E-state index in [0.717, 1.165) is 54.2 Å². The van der Waals surface area contributed by atoms with Crippen LogP contribution in [-0.4, -0.2) is 43.7 Å². The van der Waals surface area contributed by atoms with E-state index >= 15 is 0 Å². The molecule has 2 N–H and O–H groups in total. The molecule has 1 unspecified atom stereocenters. The molecule has 2 amide bonds. The number of carbonyl (C=O) groups is 2. The number of thiophene rings is 1. The van der Waals surface area contributed by atoms with Crippen molar-refractivity contribution in [3.63, 3.8) is 0 Å². The number of hydrogen-bond acceptors (Lipinski definition) is 7. The molecule has 37 heavy (non-hydrogen) atoms. The van der Waals surface area contributed by atoms with Crippen LogP contribution in [0.25, 0.3) is 0 Å². The Hall–Kier alpha value is -3.56. The molecule has 1 aromatic heterocycles. The normalized spacial score (nSPS) is 15.6. The molecule has 1 atom stereocenters. The monoisotopic (exact) mass is 523 g/mol. The number of nitrogens with zero attached hydrogens (tertiary/aromatic N) is 1. The van der Waals surface area contributed by atoms with Crippen LogP contribution in [-0.2, 0) is 17.9 Å². The molecule has 0 saturated carbocycles. The predicted octanol–water partition coefficient (Wildman–Crippen LogP) is 4.93. The lowest BCUT2D eigenvalue weighted by Crippen LogP contribution is -2.43. The third kappa shape index (κ3) is 7.96. The standard InChI is InChI=1S/C28H33N3O5S/c1-20-10-13-26(37-20)27(32)29-30-28(33)36-19-23-9-6-14-31(17-23)16-22-11-12-24(34-2)25(15-22)35-18-21-7-4-3-5-8-21/h3-5,7-8,10-13,15,23H,6,9,14,16-19H2,1-2H3,(H,29,32)(H,30,33). The minimum Gasteiger partial charge on any atom is -0.493 e. The first kappa shape index (κ1) is 26.5. The van der Waals surface area contributed by atoms with Crippen LogP contribution in [0.3, 0.4) is 0 Å². The zero-order chi connectivity index (χ0) is 26.0. The summed E-state index contributed by atoms with van der Waals surface area (Å²) in [6.07, 6.45) is 1.35. The quantitative estimate of drug-likeness (QED) is 0.387. The summed E-state index contributed by atoms with van der Waals surface area (Å²) in [6.45, 7) is 5.25. The molecule has 1 aliphatic rings. The Morgan fingerprint density at radius 3 is 2.62 bits per heavy atom. The van der Waals surface area contributed by atoms with Gasteiger partial charge in [-0.3, -0.25) is 15.1 Å². The number of methoxy groups -OCH3 is 1. The van der Waals surface area contributed by atoms with Crippen LogP contribution in [0, 0.1) is 12.8 Å². The van der Waals surface area contributed by atoms with Crippen molar-refractivity contribution in [2.45, 2.75) is 32.9 Å². The van der Waals surface area contributed by atoms with Crippen molar-refractivity contribution in [1.82, 2.24) is 15.8 Å². The molecule has 0 radical (unpaired) electrons. The SMILES string of the molecule is COc1ccc(CN2CCCC(COC(=O)NNC(=O)c3ccc(C)s3)C2)cc1OCc1ccccc1. The summed E-state index contributed by atoms with van der Waals surface area (Å²) in [4.78, 5) is 28.1. The van der Waals surface area contributed by atoms with E-state index in [1.807, 2.05) is 55.5 Å². The number of likely N-dealkylation sites (tertiary alicyclic amines) is 1. The lowest BCUT2D eigenvalue weighted by Gasteiger charge is -2.32. The highest BCUT2D eigenvalue weighted by molar-refractivity contribution is 7.13. The van der Waals surface area contributed by atoms with Gasteiger partial charge >= 0.3 is 6.09 Å². The number of piperidine rings is 1. The van der Waals surface area contributed by atoms with E-state index < -0.39 is 6.09 Å². The van der Waals surface area contributed by atoms with Crippen molar-refractivity contribution >= 4 is 23.3 Å². The van der Waals surface area contributed by atoms with Gasteiger partial charge in [-0.15, -0.1) is 11.3 Å². The zero-order valence-electron chi connectivity index (χ0n) is 21.2. The molecule has 8 nitrogen and oxygen atoms in total. The smallest absolute Gasteiger partial charge is 0.426 e. The minimum atomic E-state index is -0.658. The fourth-order valence-electron chi connectivity index (χ4n) is 4.31. The van der Waals surface area contributed by atoms with Crippen LogP contribution < -0.4 is 20.3 Å². The van der Waals surface area contributed by atoms with E-state index in [-0.39, 0.29) is 11.8 Å². The number of hydrogen-bond donors (Lipinski definition) is 2. The highest BCUT2D eigenvalue weighted by Crippen LogP contribution is 2.30. The van der Waals surface area contributed by atoms with Crippen molar-refractivity contribution in [3.05, 3.63) is 81.5 Å². The summed E-state index contributed by atoms with van der Waals surface area (Å²) in [7, 11) is 1.64. The third-order valence-electron chi connectivity index (χ3n) is 6.17. The lowest BCUT2D eigenvalue weighted by atomic mass is 9.98. The van der Waals surface area contributed by atoms with Crippen molar-refractivity contribution in [1.29, 1.82) is 0 Å². The van der Waals surface area contributed by atoms with Gasteiger partial charge in [-0.05, 0) is 61.7 Å². The van der Waals surface area contributed by atoms with E-state index in [2.05, 4.69) is 21.8 Å². The van der Waals surface area contributed by atoms with Gasteiger partial charge in [-0.25, -0.2) is 10.2 Å². The molecule has 1 aliphatic heterocycles. The van der Waals surface area contributed by atoms with E-state index in [4.69, 9.17) is 14.2 Å². The first-order valence-electron chi connectivity index (χ1n) is 12.4. The second-order valence-electron chi connectivity index (χ2n) is 9.09. The van der Waals surface area contributed by atoms with Crippen molar-refractivity contribution in [3.8, 4) is 11.5 Å². The number of ether oxygens (including phenoxy) is 3. The van der Waals surface area contributed by atoms with Gasteiger partial charge in [0, 0.05) is 23.9 Å². The summed E-state index contributed by atoms with van der Waals surface area (Å²) >= 11 is 1.36. The van der Waals surface area contributed by atoms with Gasteiger partial charge in [0.2, 0.25) is 0 Å². The maximum atomic E-state index is 12.1. The lowest BCUT2D eigenvalue weighted by molar-refractivity contribution is 0.0793. The van der Waals surface area contributed by atoms with Gasteiger partial charge < -0.3 is 14.2 Å². The zero-order valence-corrected chi connectivity index (χ0v) is 22.0. The summed E-state index contributed by atoms with van der Waals surface area (Å²) < 4.78 is 16.9. The van der Waals surface area contributed by atoms with Crippen LogP contribution in [0.5, 0.6) is 11.5 Å². The van der Waals surface area contributed by atoms with Crippen LogP contribution in [0.4, 0.5) is 4.79 Å². The number of nitrogens with one attached hydrogen (secondary N) is 2. The Morgan fingerprint density at radius 2 is 1.86 bits per heavy atom. The Labute approximate surface area is 221 Å². The Balaban J connectivity index is 1.24. The molecule has 0 aliphatic carbocycles. The Kier molecular flexibility index (Phi) is 9.40. The van der Waals surface area contributed by atoms with Gasteiger partial charge in [0.15, 0.2) is 11.5 Å². The Morgan fingerprint density at radius 1 is 1.03 bits per heavy atom. The molecule has 2 aromatic carbocycles. The van der Waals surface area contributed by atoms with E-state index in [1.54, 1.807) is 13.2 Å². The fourth-order valence-corrected chi connectivity index (χ4v) is 5.08. The van der Waals surface area contributed by atoms with Crippen LogP contribution in [0.15, 0.2) is 60.7 Å². The molecule has 3 aromatic rings. The van der Waals surface area contributed by atoms with Gasteiger partial charge in [0.1, 0.15) is 6.61 Å². The molecule has 1 saturated heterocycles. The minimum absolute atomic E-state index is 0.224. The number of hydrazine groups is 1. The highest BCUT2D eigenvalue weighted by atomic mass is 32.1. The molecular weight excluding hydrogens is 490 g/mol. The topological polar surface area (TPSA) is 89.1 Å². The molecular formula is C28H33N3O5S. The maximum absolute atomic E-state index is 12.1. The van der Waals surface area contributed by atoms with Gasteiger partial charge in [-0.1, -0.05) is 36.4 Å². The summed E-state index contributed by atoms with van der Waals surface area (Å²) in [6, 6.07) is 19.7. The molecule has 0 spiro atoms. The first-order chi connectivity index (χ1) is 18.0. The second-order valence-corrected chi connectivity index (χ2v) is 10.4. The maximum Gasteiger partial charge on any atom is 0.426 e. The van der Waals surface area contributed by atoms with Crippen molar-refractivity contribution in [2.24, 2.45) is 5.92 Å². The van der Waals surface area contributed by atoms with Crippen molar-refractivity contribution < 1.29 is 23.8 Å². The average molecular weight is 524 g/mol. The van der Waals surface area contributed by atoms with E-state index in [1.165, 1.54) is 11.3 Å². The first-order valence-corrected chi connectivity index (χ1v) is 13.2. The molecule has 196 valence electrons. The largest absolute Gasteiger partial charge is 0.493 e. The predicted molar refractivity (Wildman–Crippen MR) is 143 cm³/mol. The molecule has 9 heteroatoms. The van der Waals surface area contributed by atoms with E-state index in [9.17, 15) is 9.59 Å². The van der Waals surface area contributed by atoms with Gasteiger partial charge in [0.05, 0.1) is 18.6 Å². The number of aryl methyl sites for hydroxylation is 1. The van der Waals surface area contributed by atoms with Gasteiger partial charge in [0.25, 0.3) is 5.91 Å². The molecule has 2 heterocycles. The summed E-state index contributed by atoms with van der Waals surface area (Å²) in [5.41, 5.74) is 6.95. The van der Waals surface area contributed by atoms with Crippen LogP contribution in [0.1, 0.15) is 38.5 Å². The second kappa shape index (κ2) is 13.1. The van der Waals surface area contributed by atoms with Crippen LogP contribution >= 0.6 is 11.3 Å². The summed E-state index contributed by atoms with van der Waals surface area (Å²) in [5.74, 6) is 1.29. The molecule has 1 fully saturated rings. The van der Waals surface area contributed by atoms with Crippen molar-refractivity contribution in [2.75, 3.05) is 26.8 Å². The fraction of sp³-hybridized carbons (Fsp3) is 0.357. The molecule has 4 rings (SSSR count). The third-order valence-corrected chi connectivity index (χ3v) is 7.17. The van der Waals surface area contributed by atoms with Gasteiger partial charge in [-0.2, -0.15) is 0 Å². The van der Waals surface area contributed by atoms with E-state index in [0.29, 0.717) is 23.8 Å². The number of amides is 2. The number of carbonyl (C=O) groups excluding carboxylic acids is 2. The number of rotatable bonds is 9. The number of benzene rings is 2. The Bertz CT molecular complexity index is 1180. The molecule has 0 bridgehead atoms. The average Bonchev–Trinajstić information content (AvgIpc) is 3.36. The van der Waals surface area contributed by atoms with Crippen LogP contribution in [0.2, 0.25) is 0 Å². The summed E-state index contributed by atoms with van der Waals surface area (Å²) in [5, 5.41) is 0. The highest BCUT2D eigenvalue weighted by Gasteiger charge is 2.22.